The van der Waals surface area contributed by atoms with Gasteiger partial charge in [-0.05, 0) is 13.0 Å². The minimum absolute atomic E-state index is 0.00455. The number of hydrogen-bond acceptors (Lipinski definition) is 4. The van der Waals surface area contributed by atoms with Crippen LogP contribution in [0, 0.1) is 10.1 Å². The third-order valence-electron chi connectivity index (χ3n) is 2.00. The first-order valence-corrected chi connectivity index (χ1v) is 6.21. The third-order valence-corrected chi connectivity index (χ3v) is 2.92. The largest absolute Gasteiger partial charge is 0.462 e. The lowest BCUT2D eigenvalue weighted by Gasteiger charge is -2.06. The molecular formula is C10H9BrClNO4. The maximum absolute atomic E-state index is 11.5. The van der Waals surface area contributed by atoms with E-state index in [-0.39, 0.29) is 28.2 Å². The number of benzene rings is 1. The molecule has 1 rings (SSSR count). The predicted molar refractivity (Wildman–Crippen MR) is 66.7 cm³/mol. The van der Waals surface area contributed by atoms with E-state index in [2.05, 4.69) is 15.9 Å². The predicted octanol–water partition coefficient (Wildman–Crippen LogP) is 3.32. The molecule has 0 atom stereocenters. The second-order valence-corrected chi connectivity index (χ2v) is 4.04. The molecular weight excluding hydrogens is 313 g/mol. The molecule has 0 fully saturated rings. The van der Waals surface area contributed by atoms with Crippen LogP contribution in [-0.4, -0.2) is 17.5 Å². The van der Waals surface area contributed by atoms with Gasteiger partial charge in [0, 0.05) is 17.0 Å². The lowest BCUT2D eigenvalue weighted by Crippen LogP contribution is -2.07. The van der Waals surface area contributed by atoms with E-state index in [4.69, 9.17) is 16.3 Å². The molecule has 0 radical (unpaired) electrons. The molecule has 92 valence electrons. The van der Waals surface area contributed by atoms with Gasteiger partial charge in [-0.25, -0.2) is 4.79 Å². The highest BCUT2D eigenvalue weighted by Crippen LogP contribution is 2.29. The molecule has 0 bridgehead atoms. The van der Waals surface area contributed by atoms with Crippen molar-refractivity contribution in [1.82, 2.24) is 0 Å². The first kappa shape index (κ1) is 13.9. The first-order chi connectivity index (χ1) is 8.01. The van der Waals surface area contributed by atoms with E-state index in [0.29, 0.717) is 5.56 Å². The number of hydrogen-bond donors (Lipinski definition) is 0. The summed E-state index contributed by atoms with van der Waals surface area (Å²) < 4.78 is 4.76. The summed E-state index contributed by atoms with van der Waals surface area (Å²) in [6, 6.07) is 2.53. The summed E-state index contributed by atoms with van der Waals surface area (Å²) in [4.78, 5) is 21.8. The average molecular weight is 323 g/mol. The smallest absolute Gasteiger partial charge is 0.339 e. The minimum Gasteiger partial charge on any atom is -0.462 e. The molecule has 17 heavy (non-hydrogen) atoms. The topological polar surface area (TPSA) is 69.4 Å². The number of nitro benzene ring substituents is 1. The fourth-order valence-corrected chi connectivity index (χ4v) is 1.96. The van der Waals surface area contributed by atoms with Crippen LogP contribution in [0.2, 0.25) is 5.02 Å². The SMILES string of the molecule is CCOC(=O)c1cc([N+](=O)[O-])c(CBr)cc1Cl. The number of nitro groups is 1. The number of ether oxygens (including phenoxy) is 1. The fraction of sp³-hybridized carbons (Fsp3) is 0.300. The van der Waals surface area contributed by atoms with Gasteiger partial charge in [0.2, 0.25) is 0 Å². The Morgan fingerprint density at radius 2 is 2.24 bits per heavy atom. The summed E-state index contributed by atoms with van der Waals surface area (Å²) in [5.41, 5.74) is 0.257. The van der Waals surface area contributed by atoms with E-state index in [1.54, 1.807) is 6.92 Å². The van der Waals surface area contributed by atoms with E-state index in [1.807, 2.05) is 0 Å². The summed E-state index contributed by atoms with van der Waals surface area (Å²) in [6.45, 7) is 1.83. The zero-order chi connectivity index (χ0) is 13.0. The van der Waals surface area contributed by atoms with Crippen LogP contribution in [0.5, 0.6) is 0 Å². The van der Waals surface area contributed by atoms with E-state index in [0.717, 1.165) is 6.07 Å². The van der Waals surface area contributed by atoms with Gasteiger partial charge in [0.05, 0.1) is 22.1 Å². The van der Waals surface area contributed by atoms with Crippen LogP contribution in [0.1, 0.15) is 22.8 Å². The second-order valence-electron chi connectivity index (χ2n) is 3.07. The van der Waals surface area contributed by atoms with E-state index >= 15 is 0 Å². The average Bonchev–Trinajstić information content (AvgIpc) is 2.28. The van der Waals surface area contributed by atoms with Crippen molar-refractivity contribution >= 4 is 39.2 Å². The van der Waals surface area contributed by atoms with Crippen LogP contribution >= 0.6 is 27.5 Å². The highest BCUT2D eigenvalue weighted by molar-refractivity contribution is 9.08. The Morgan fingerprint density at radius 3 is 2.71 bits per heavy atom. The summed E-state index contributed by atoms with van der Waals surface area (Å²) in [5.74, 6) is -0.665. The molecule has 0 aromatic heterocycles. The summed E-state index contributed by atoms with van der Waals surface area (Å²) in [7, 11) is 0. The Balaban J connectivity index is 3.29. The minimum atomic E-state index is -0.665. The van der Waals surface area contributed by atoms with Crippen molar-refractivity contribution < 1.29 is 14.5 Å². The number of carbonyl (C=O) groups is 1. The molecule has 0 heterocycles. The van der Waals surface area contributed by atoms with Crippen molar-refractivity contribution in [2.24, 2.45) is 0 Å². The van der Waals surface area contributed by atoms with E-state index < -0.39 is 10.9 Å². The Hall–Kier alpha value is -1.14. The highest BCUT2D eigenvalue weighted by Gasteiger charge is 2.21. The molecule has 0 aliphatic carbocycles. The molecule has 0 N–H and O–H groups in total. The number of halogens is 2. The van der Waals surface area contributed by atoms with Crippen molar-refractivity contribution in [1.29, 1.82) is 0 Å². The maximum atomic E-state index is 11.5. The summed E-state index contributed by atoms with van der Waals surface area (Å²) in [6.07, 6.45) is 0. The molecule has 1 aromatic carbocycles. The zero-order valence-electron chi connectivity index (χ0n) is 8.91. The van der Waals surface area contributed by atoms with Gasteiger partial charge >= 0.3 is 5.97 Å². The van der Waals surface area contributed by atoms with Gasteiger partial charge in [-0.1, -0.05) is 27.5 Å². The lowest BCUT2D eigenvalue weighted by atomic mass is 10.1. The highest BCUT2D eigenvalue weighted by atomic mass is 79.9. The monoisotopic (exact) mass is 321 g/mol. The number of esters is 1. The molecule has 5 nitrogen and oxygen atoms in total. The normalized spacial score (nSPS) is 10.1. The van der Waals surface area contributed by atoms with Crippen LogP contribution in [0.3, 0.4) is 0 Å². The lowest BCUT2D eigenvalue weighted by molar-refractivity contribution is -0.385. The van der Waals surface area contributed by atoms with Gasteiger partial charge in [0.25, 0.3) is 5.69 Å². The van der Waals surface area contributed by atoms with E-state index in [1.165, 1.54) is 6.07 Å². The third kappa shape index (κ3) is 3.17. The number of carbonyl (C=O) groups excluding carboxylic acids is 1. The fourth-order valence-electron chi connectivity index (χ4n) is 1.25. The van der Waals surface area contributed by atoms with Crippen LogP contribution in [0.15, 0.2) is 12.1 Å². The van der Waals surface area contributed by atoms with Crippen LogP contribution in [0.25, 0.3) is 0 Å². The Morgan fingerprint density at radius 1 is 1.59 bits per heavy atom. The molecule has 7 heteroatoms. The zero-order valence-corrected chi connectivity index (χ0v) is 11.2. The van der Waals surface area contributed by atoms with Gasteiger partial charge in [0.15, 0.2) is 0 Å². The van der Waals surface area contributed by atoms with Gasteiger partial charge in [-0.2, -0.15) is 0 Å². The van der Waals surface area contributed by atoms with Gasteiger partial charge in [-0.3, -0.25) is 10.1 Å². The second kappa shape index (κ2) is 5.97. The quantitative estimate of drug-likeness (QED) is 0.369. The Bertz CT molecular complexity index is 464. The van der Waals surface area contributed by atoms with Crippen molar-refractivity contribution in [2.45, 2.75) is 12.3 Å². The van der Waals surface area contributed by atoms with Crippen molar-refractivity contribution in [3.05, 3.63) is 38.4 Å². The van der Waals surface area contributed by atoms with Crippen LogP contribution in [-0.2, 0) is 10.1 Å². The van der Waals surface area contributed by atoms with Gasteiger partial charge in [0.1, 0.15) is 0 Å². The number of rotatable bonds is 4. The molecule has 1 aromatic rings. The molecule has 0 unspecified atom stereocenters. The number of alkyl halides is 1. The maximum Gasteiger partial charge on any atom is 0.339 e. The van der Waals surface area contributed by atoms with Crippen molar-refractivity contribution in [3.8, 4) is 0 Å². The Kier molecular flexibility index (Phi) is 4.89. The van der Waals surface area contributed by atoms with Crippen molar-refractivity contribution in [3.63, 3.8) is 0 Å². The molecule has 0 saturated heterocycles. The Labute approximate surface area is 111 Å². The summed E-state index contributed by atoms with van der Waals surface area (Å²) >= 11 is 9.00. The number of nitrogens with zero attached hydrogens (tertiary/aromatic N) is 1. The summed E-state index contributed by atoms with van der Waals surface area (Å²) in [5, 5.41) is 11.2. The van der Waals surface area contributed by atoms with Crippen LogP contribution in [0.4, 0.5) is 5.69 Å². The standard InChI is InChI=1S/C10H9BrClNO4/c1-2-17-10(14)7-4-9(13(15)16)6(5-11)3-8(7)12/h3-4H,2,5H2,1H3. The molecule has 0 amide bonds. The molecule has 0 saturated carbocycles. The first-order valence-electron chi connectivity index (χ1n) is 4.71. The van der Waals surface area contributed by atoms with Crippen molar-refractivity contribution in [2.75, 3.05) is 6.61 Å². The molecule has 0 aliphatic heterocycles. The van der Waals surface area contributed by atoms with Crippen LogP contribution < -0.4 is 0 Å². The van der Waals surface area contributed by atoms with Gasteiger partial charge < -0.3 is 4.74 Å². The van der Waals surface area contributed by atoms with E-state index in [9.17, 15) is 14.9 Å². The van der Waals surface area contributed by atoms with Gasteiger partial charge in [-0.15, -0.1) is 0 Å². The molecule has 0 spiro atoms. The molecule has 0 aliphatic rings.